The van der Waals surface area contributed by atoms with E-state index in [0.717, 1.165) is 35.4 Å². The second kappa shape index (κ2) is 8.42. The molecule has 0 saturated heterocycles. The summed E-state index contributed by atoms with van der Waals surface area (Å²) >= 11 is 0. The van der Waals surface area contributed by atoms with Crippen LogP contribution in [0.2, 0.25) is 0 Å². The highest BCUT2D eigenvalue weighted by atomic mass is 19.1. The molecule has 0 fully saturated rings. The third-order valence-electron chi connectivity index (χ3n) is 4.97. The van der Waals surface area contributed by atoms with Gasteiger partial charge in [-0.25, -0.2) is 18.8 Å². The fraction of sp³-hybridized carbons (Fsp3) is 0.130. The van der Waals surface area contributed by atoms with Gasteiger partial charge in [-0.1, -0.05) is 36.4 Å². The van der Waals surface area contributed by atoms with E-state index in [1.807, 2.05) is 24.4 Å². The maximum Gasteiger partial charge on any atom is 0.296 e. The van der Waals surface area contributed by atoms with Crippen LogP contribution >= 0.6 is 0 Å². The van der Waals surface area contributed by atoms with Crippen molar-refractivity contribution in [1.29, 1.82) is 0 Å². The van der Waals surface area contributed by atoms with Crippen molar-refractivity contribution in [2.75, 3.05) is 0 Å². The number of carbonyl (C=O) groups excluding carboxylic acids is 1. The lowest BCUT2D eigenvalue weighted by atomic mass is 10.0. The summed E-state index contributed by atoms with van der Waals surface area (Å²) in [5.74, 6) is -2.33. The maximum atomic E-state index is 13.8. The lowest BCUT2D eigenvalue weighted by Gasteiger charge is -2.15. The Balaban J connectivity index is 1.52. The molecule has 2 aromatic heterocycles. The molecule has 7 heteroatoms. The average molecular weight is 407 g/mol. The van der Waals surface area contributed by atoms with E-state index in [1.54, 1.807) is 6.07 Å². The van der Waals surface area contributed by atoms with Gasteiger partial charge in [0.05, 0.1) is 18.3 Å². The second-order valence-electron chi connectivity index (χ2n) is 7.01. The van der Waals surface area contributed by atoms with Crippen molar-refractivity contribution >= 4 is 16.8 Å². The van der Waals surface area contributed by atoms with Gasteiger partial charge in [0.2, 0.25) is 0 Å². The van der Waals surface area contributed by atoms with E-state index in [0.29, 0.717) is 11.1 Å². The number of hydrogen-bond acceptors (Lipinski definition) is 3. The van der Waals surface area contributed by atoms with Crippen LogP contribution in [0.15, 0.2) is 67.0 Å². The fourth-order valence-corrected chi connectivity index (χ4v) is 3.34. The second-order valence-corrected chi connectivity index (χ2v) is 7.01. The molecule has 0 aliphatic carbocycles. The first-order valence-corrected chi connectivity index (χ1v) is 9.46. The lowest BCUT2D eigenvalue weighted by Crippen LogP contribution is -2.28. The Kier molecular flexibility index (Phi) is 5.54. The van der Waals surface area contributed by atoms with E-state index in [-0.39, 0.29) is 11.3 Å². The Morgan fingerprint density at radius 1 is 1.03 bits per heavy atom. The highest BCUT2D eigenvalue weighted by Gasteiger charge is 2.19. The number of halogens is 2. The topological polar surface area (TPSA) is 69.2 Å². The Labute approximate surface area is 171 Å². The van der Waals surface area contributed by atoms with Gasteiger partial charge in [0.1, 0.15) is 17.3 Å². The Bertz CT molecular complexity index is 1190. The zero-order chi connectivity index (χ0) is 21.1. The molecule has 2 aromatic carbocycles. The summed E-state index contributed by atoms with van der Waals surface area (Å²) in [7, 11) is 0. The lowest BCUT2D eigenvalue weighted by molar-refractivity contribution is -0.0657. The van der Waals surface area contributed by atoms with Crippen LogP contribution in [-0.2, 0) is 19.4 Å². The van der Waals surface area contributed by atoms with Gasteiger partial charge in [-0.2, -0.15) is 0 Å². The van der Waals surface area contributed by atoms with Crippen LogP contribution in [0.4, 0.5) is 8.78 Å². The van der Waals surface area contributed by atoms with Crippen LogP contribution in [0.25, 0.3) is 10.9 Å². The molecule has 0 spiro atoms. The van der Waals surface area contributed by atoms with Crippen molar-refractivity contribution in [2.24, 2.45) is 0 Å². The molecule has 152 valence electrons. The molecule has 0 aliphatic heterocycles. The van der Waals surface area contributed by atoms with E-state index in [4.69, 9.17) is 0 Å². The number of hydrogen-bond donors (Lipinski definition) is 2. The smallest absolute Gasteiger partial charge is 0.296 e. The summed E-state index contributed by atoms with van der Waals surface area (Å²) in [6, 6.07) is 14.6. The summed E-state index contributed by atoms with van der Waals surface area (Å²) in [4.78, 5) is 19.8. The molecular weight excluding hydrogens is 388 g/mol. The minimum atomic E-state index is -0.834. The van der Waals surface area contributed by atoms with Crippen molar-refractivity contribution in [3.8, 4) is 0 Å². The quantitative estimate of drug-likeness (QED) is 0.361. The minimum Gasteiger partial charge on any atom is -0.360 e. The molecular formula is C23H19F2N3O2. The Morgan fingerprint density at radius 3 is 2.60 bits per heavy atom. The van der Waals surface area contributed by atoms with Crippen LogP contribution in [0.1, 0.15) is 27.2 Å². The van der Waals surface area contributed by atoms with Crippen LogP contribution in [0.3, 0.4) is 0 Å². The number of H-pyrrole nitrogens is 1. The first-order valence-electron chi connectivity index (χ1n) is 9.46. The number of carbonyl (C=O) groups is 1. The number of nitrogens with zero attached hydrogens (tertiary/aromatic N) is 2. The largest absolute Gasteiger partial charge is 0.360 e. The molecule has 0 aliphatic rings. The number of hydroxylamine groups is 2. The van der Waals surface area contributed by atoms with Gasteiger partial charge in [0.15, 0.2) is 0 Å². The van der Waals surface area contributed by atoms with Gasteiger partial charge in [-0.15, -0.1) is 0 Å². The van der Waals surface area contributed by atoms with Crippen LogP contribution in [0, 0.1) is 11.6 Å². The highest BCUT2D eigenvalue weighted by Crippen LogP contribution is 2.21. The number of pyridine rings is 1. The third-order valence-corrected chi connectivity index (χ3v) is 4.97. The van der Waals surface area contributed by atoms with E-state index in [9.17, 15) is 18.8 Å². The zero-order valence-electron chi connectivity index (χ0n) is 16.0. The molecule has 1 amide bonds. The molecule has 0 atom stereocenters. The van der Waals surface area contributed by atoms with Gasteiger partial charge in [0.25, 0.3) is 5.91 Å². The van der Waals surface area contributed by atoms with Crippen LogP contribution in [-0.4, -0.2) is 26.1 Å². The summed E-state index contributed by atoms with van der Waals surface area (Å²) in [6.45, 7) is -0.418. The summed E-state index contributed by atoms with van der Waals surface area (Å²) in [5.41, 5.74) is 3.05. The number of fused-ring (bicyclic) bond motifs is 1. The maximum absolute atomic E-state index is 13.8. The monoisotopic (exact) mass is 407 g/mol. The van der Waals surface area contributed by atoms with Gasteiger partial charge in [0, 0.05) is 23.2 Å². The van der Waals surface area contributed by atoms with Crippen molar-refractivity contribution in [2.45, 2.75) is 19.4 Å². The molecule has 0 saturated carbocycles. The van der Waals surface area contributed by atoms with E-state index in [1.165, 1.54) is 17.8 Å². The molecule has 0 radical (unpaired) electrons. The van der Waals surface area contributed by atoms with E-state index in [2.05, 4.69) is 22.1 Å². The molecule has 4 rings (SSSR count). The highest BCUT2D eigenvalue weighted by molar-refractivity contribution is 5.96. The molecule has 2 N–H and O–H groups in total. The number of rotatable bonds is 6. The first kappa shape index (κ1) is 19.7. The molecule has 2 heterocycles. The van der Waals surface area contributed by atoms with Crippen molar-refractivity contribution in [3.05, 3.63) is 101 Å². The SMILES string of the molecule is O=C(c1cc2c(CCc3ccccc3)c[nH]c2cn1)N(O)Cc1ccc(F)cc1F. The van der Waals surface area contributed by atoms with E-state index >= 15 is 0 Å². The zero-order valence-corrected chi connectivity index (χ0v) is 16.0. The standard InChI is InChI=1S/C23H19F2N3O2/c24-18-9-8-17(20(25)10-18)14-28(30)23(29)21-11-19-16(12-26-22(19)13-27-21)7-6-15-4-2-1-3-5-15/h1-5,8-13,26,30H,6-7,14H2. The normalized spacial score (nSPS) is 11.0. The van der Waals surface area contributed by atoms with E-state index < -0.39 is 24.1 Å². The number of amides is 1. The Morgan fingerprint density at radius 2 is 1.83 bits per heavy atom. The van der Waals surface area contributed by atoms with Crippen molar-refractivity contribution in [1.82, 2.24) is 15.0 Å². The van der Waals surface area contributed by atoms with Gasteiger partial charge in [-0.05, 0) is 36.1 Å². The first-order chi connectivity index (χ1) is 14.5. The molecule has 30 heavy (non-hydrogen) atoms. The van der Waals surface area contributed by atoms with Gasteiger partial charge >= 0.3 is 0 Å². The van der Waals surface area contributed by atoms with Crippen molar-refractivity contribution in [3.63, 3.8) is 0 Å². The number of aromatic amines is 1. The predicted octanol–water partition coefficient (Wildman–Crippen LogP) is 4.66. The third kappa shape index (κ3) is 4.21. The average Bonchev–Trinajstić information content (AvgIpc) is 3.16. The Hall–Kier alpha value is -3.58. The molecule has 0 bridgehead atoms. The number of nitrogens with one attached hydrogen (secondary N) is 1. The molecule has 4 aromatic rings. The summed E-state index contributed by atoms with van der Waals surface area (Å²) in [6.07, 6.45) is 5.02. The minimum absolute atomic E-state index is 0.00137. The van der Waals surface area contributed by atoms with Crippen LogP contribution < -0.4 is 0 Å². The predicted molar refractivity (Wildman–Crippen MR) is 108 cm³/mol. The molecule has 5 nitrogen and oxygen atoms in total. The summed E-state index contributed by atoms with van der Waals surface area (Å²) < 4.78 is 26.9. The molecule has 0 unspecified atom stereocenters. The number of benzene rings is 2. The fourth-order valence-electron chi connectivity index (χ4n) is 3.34. The van der Waals surface area contributed by atoms with Gasteiger partial charge < -0.3 is 4.98 Å². The van der Waals surface area contributed by atoms with Crippen molar-refractivity contribution < 1.29 is 18.8 Å². The number of aromatic nitrogens is 2. The van der Waals surface area contributed by atoms with Gasteiger partial charge in [-0.3, -0.25) is 10.0 Å². The van der Waals surface area contributed by atoms with Crippen LogP contribution in [0.5, 0.6) is 0 Å². The summed E-state index contributed by atoms with van der Waals surface area (Å²) in [5, 5.41) is 11.4. The number of aryl methyl sites for hydroxylation is 2.